The molecule has 2 atom stereocenters. The minimum Gasteiger partial charge on any atom is -0.368 e. The van der Waals surface area contributed by atoms with Crippen LogP contribution in [0.5, 0.6) is 0 Å². The predicted octanol–water partition coefficient (Wildman–Crippen LogP) is 4.86. The van der Waals surface area contributed by atoms with E-state index >= 15 is 0 Å². The number of amidine groups is 1. The number of hydrogen-bond donors (Lipinski definition) is 1. The van der Waals surface area contributed by atoms with Crippen LogP contribution >= 0.6 is 15.9 Å². The van der Waals surface area contributed by atoms with E-state index in [-0.39, 0.29) is 17.9 Å². The number of carbonyl (C=O) groups excluding carboxylic acids is 2. The van der Waals surface area contributed by atoms with Crippen LogP contribution in [0.3, 0.4) is 0 Å². The summed E-state index contributed by atoms with van der Waals surface area (Å²) in [6, 6.07) is 7.67. The predicted molar refractivity (Wildman–Crippen MR) is 124 cm³/mol. The Bertz CT molecular complexity index is 1210. The lowest BCUT2D eigenvalue weighted by Gasteiger charge is -2.42. The van der Waals surface area contributed by atoms with Gasteiger partial charge in [0.25, 0.3) is 5.91 Å². The number of alkyl halides is 3. The number of nitrogens with one attached hydrogen (secondary N) is 1. The third-order valence-corrected chi connectivity index (χ3v) is 7.27. The average molecular weight is 535 g/mol. The summed E-state index contributed by atoms with van der Waals surface area (Å²) in [5.41, 5.74) is 0.238. The van der Waals surface area contributed by atoms with Crippen LogP contribution in [0.15, 0.2) is 39.8 Å². The second-order valence-corrected chi connectivity index (χ2v) is 10.1. The van der Waals surface area contributed by atoms with Gasteiger partial charge in [0, 0.05) is 46.2 Å². The second-order valence-electron chi connectivity index (χ2n) is 9.16. The lowest BCUT2D eigenvalue weighted by atomic mass is 9.83. The van der Waals surface area contributed by atoms with Gasteiger partial charge in [-0.3, -0.25) is 14.6 Å². The molecule has 0 unspecified atom stereocenters. The van der Waals surface area contributed by atoms with Crippen LogP contribution in [0.2, 0.25) is 0 Å². The second kappa shape index (κ2) is 8.18. The number of piperidine rings is 1. The quantitative estimate of drug-likeness (QED) is 0.568. The molecule has 1 aromatic carbocycles. The minimum atomic E-state index is -4.53. The summed E-state index contributed by atoms with van der Waals surface area (Å²) >= 11 is 3.45. The standard InChI is InChI=1S/C24H22BrF3N4O2/c1-13-11-23(8-9-32(13)18-10-16(25)5-4-15(18)12-33)22(34)30-21(31-23)17-6-7-19(24(26,27)28)29-20(17)14-2-3-14/h4-7,10,12-14H,2-3,8-9,11H2,1H3,(H,30,31,34)/t13-,23+/m0/s1. The molecule has 1 aromatic heterocycles. The Kier molecular flexibility index (Phi) is 5.54. The molecule has 3 heterocycles. The lowest BCUT2D eigenvalue weighted by molar-refractivity contribution is -0.141. The van der Waals surface area contributed by atoms with Gasteiger partial charge in [-0.2, -0.15) is 13.2 Å². The first-order valence-corrected chi connectivity index (χ1v) is 11.9. The average Bonchev–Trinajstić information content (AvgIpc) is 3.58. The van der Waals surface area contributed by atoms with E-state index in [1.54, 1.807) is 12.1 Å². The molecule has 2 aromatic rings. The molecule has 1 saturated heterocycles. The van der Waals surface area contributed by atoms with E-state index in [1.165, 1.54) is 6.07 Å². The number of aromatic nitrogens is 1. The number of benzene rings is 1. The van der Waals surface area contributed by atoms with Crippen molar-refractivity contribution in [2.45, 2.75) is 56.3 Å². The van der Waals surface area contributed by atoms with Crippen LogP contribution < -0.4 is 10.2 Å². The maximum atomic E-state index is 13.2. The minimum absolute atomic E-state index is 0.0486. The molecule has 34 heavy (non-hydrogen) atoms. The van der Waals surface area contributed by atoms with E-state index in [1.807, 2.05) is 13.0 Å². The third-order valence-electron chi connectivity index (χ3n) is 6.78. The monoisotopic (exact) mass is 534 g/mol. The molecule has 10 heteroatoms. The van der Waals surface area contributed by atoms with E-state index in [0.29, 0.717) is 42.0 Å². The van der Waals surface area contributed by atoms with Crippen LogP contribution in [-0.2, 0) is 11.0 Å². The summed E-state index contributed by atoms with van der Waals surface area (Å²) in [6.45, 7) is 2.48. The molecule has 5 rings (SSSR count). The number of halogens is 4. The van der Waals surface area contributed by atoms with E-state index in [0.717, 1.165) is 35.4 Å². The number of nitrogens with zero attached hydrogens (tertiary/aromatic N) is 3. The van der Waals surface area contributed by atoms with Crippen molar-refractivity contribution in [2.24, 2.45) is 4.99 Å². The van der Waals surface area contributed by atoms with Crippen LogP contribution in [0.25, 0.3) is 0 Å². The van der Waals surface area contributed by atoms with Gasteiger partial charge in [0.05, 0.1) is 5.69 Å². The van der Waals surface area contributed by atoms with E-state index in [9.17, 15) is 22.8 Å². The van der Waals surface area contributed by atoms with E-state index in [4.69, 9.17) is 4.99 Å². The highest BCUT2D eigenvalue weighted by molar-refractivity contribution is 9.10. The van der Waals surface area contributed by atoms with Gasteiger partial charge in [0.15, 0.2) is 6.29 Å². The Morgan fingerprint density at radius 2 is 2.00 bits per heavy atom. The van der Waals surface area contributed by atoms with E-state index < -0.39 is 17.4 Å². The molecule has 2 aliphatic heterocycles. The number of hydrogen-bond acceptors (Lipinski definition) is 5. The zero-order chi connectivity index (χ0) is 24.3. The maximum absolute atomic E-state index is 13.2. The first-order valence-electron chi connectivity index (χ1n) is 11.1. The van der Waals surface area contributed by atoms with Crippen molar-refractivity contribution in [3.8, 4) is 0 Å². The van der Waals surface area contributed by atoms with Crippen LogP contribution in [0.1, 0.15) is 65.8 Å². The zero-order valence-electron chi connectivity index (χ0n) is 18.3. The van der Waals surface area contributed by atoms with Crippen molar-refractivity contribution >= 4 is 39.6 Å². The smallest absolute Gasteiger partial charge is 0.368 e. The molecule has 0 bridgehead atoms. The van der Waals surface area contributed by atoms with Crippen molar-refractivity contribution in [3.05, 3.63) is 57.3 Å². The summed E-state index contributed by atoms with van der Waals surface area (Å²) in [4.78, 5) is 35.4. The Balaban J connectivity index is 1.45. The van der Waals surface area contributed by atoms with Gasteiger partial charge in [-0.1, -0.05) is 15.9 Å². The molecule has 1 N–H and O–H groups in total. The fraction of sp³-hybridized carbons (Fsp3) is 0.417. The summed E-state index contributed by atoms with van der Waals surface area (Å²) < 4.78 is 40.5. The number of anilines is 1. The molecule has 1 aliphatic carbocycles. The van der Waals surface area contributed by atoms with Gasteiger partial charge < -0.3 is 10.2 Å². The van der Waals surface area contributed by atoms with Crippen LogP contribution in [0.4, 0.5) is 18.9 Å². The molecule has 6 nitrogen and oxygen atoms in total. The largest absolute Gasteiger partial charge is 0.433 e. The first kappa shape index (κ1) is 23.0. The Morgan fingerprint density at radius 1 is 1.24 bits per heavy atom. The molecule has 1 spiro atoms. The summed E-state index contributed by atoms with van der Waals surface area (Å²) in [5.74, 6) is -0.00202. The number of pyridine rings is 1. The molecule has 178 valence electrons. The highest BCUT2D eigenvalue weighted by atomic mass is 79.9. The first-order chi connectivity index (χ1) is 16.1. The number of rotatable bonds is 4. The van der Waals surface area contributed by atoms with Crippen molar-refractivity contribution in [1.29, 1.82) is 0 Å². The van der Waals surface area contributed by atoms with Crippen LogP contribution in [0, 0.1) is 0 Å². The van der Waals surface area contributed by atoms with Crippen molar-refractivity contribution < 1.29 is 22.8 Å². The van der Waals surface area contributed by atoms with Gasteiger partial charge >= 0.3 is 6.18 Å². The fourth-order valence-corrected chi connectivity index (χ4v) is 5.25. The summed E-state index contributed by atoms with van der Waals surface area (Å²) in [6.07, 6.45) is -1.34. The SMILES string of the molecule is C[C@H]1C[C@@]2(CCN1c1cc(Br)ccc1C=O)N=C(c1ccc(C(F)(F)F)nc1C1CC1)NC2=O. The third kappa shape index (κ3) is 4.01. The van der Waals surface area contributed by atoms with Gasteiger partial charge in [-0.05, 0) is 56.5 Å². The zero-order valence-corrected chi connectivity index (χ0v) is 19.9. The number of amides is 1. The van der Waals surface area contributed by atoms with Gasteiger partial charge in [-0.15, -0.1) is 0 Å². The van der Waals surface area contributed by atoms with Gasteiger partial charge in [-0.25, -0.2) is 4.98 Å². The van der Waals surface area contributed by atoms with Gasteiger partial charge in [0.2, 0.25) is 0 Å². The molecular formula is C24H22BrF3N4O2. The summed E-state index contributed by atoms with van der Waals surface area (Å²) in [5, 5.41) is 2.83. The topological polar surface area (TPSA) is 74.7 Å². The maximum Gasteiger partial charge on any atom is 0.433 e. The Labute approximate surface area is 202 Å². The van der Waals surface area contributed by atoms with Gasteiger partial charge in [0.1, 0.15) is 17.1 Å². The Morgan fingerprint density at radius 3 is 2.65 bits per heavy atom. The number of aldehydes is 1. The highest BCUT2D eigenvalue weighted by Crippen LogP contribution is 2.43. The fourth-order valence-electron chi connectivity index (χ4n) is 4.90. The van der Waals surface area contributed by atoms with E-state index in [2.05, 4.69) is 31.1 Å². The van der Waals surface area contributed by atoms with Crippen molar-refractivity contribution in [2.75, 3.05) is 11.4 Å². The molecule has 0 radical (unpaired) electrons. The number of carbonyl (C=O) groups is 2. The molecule has 3 aliphatic rings. The molecular weight excluding hydrogens is 513 g/mol. The lowest BCUT2D eigenvalue weighted by Crippen LogP contribution is -2.53. The highest BCUT2D eigenvalue weighted by Gasteiger charge is 2.49. The number of aliphatic imine (C=N–C) groups is 1. The summed E-state index contributed by atoms with van der Waals surface area (Å²) in [7, 11) is 0. The molecule has 1 amide bonds. The van der Waals surface area contributed by atoms with Crippen molar-refractivity contribution in [1.82, 2.24) is 10.3 Å². The molecule has 1 saturated carbocycles. The van der Waals surface area contributed by atoms with Crippen molar-refractivity contribution in [3.63, 3.8) is 0 Å². The van der Waals surface area contributed by atoms with Crippen LogP contribution in [-0.4, -0.2) is 41.1 Å². The Hall–Kier alpha value is -2.75. The molecule has 2 fully saturated rings. The normalized spacial score (nSPS) is 24.9.